The molecule has 0 aliphatic rings. The summed E-state index contributed by atoms with van der Waals surface area (Å²) in [6.45, 7) is -0.123. The van der Waals surface area contributed by atoms with Gasteiger partial charge in [-0.2, -0.15) is 0 Å². The second-order valence-corrected chi connectivity index (χ2v) is 4.91. The van der Waals surface area contributed by atoms with Gasteiger partial charge in [0.25, 0.3) is 0 Å². The molecular weight excluding hydrogens is 282 g/mol. The average molecular weight is 297 g/mol. The van der Waals surface area contributed by atoms with Gasteiger partial charge in [0.2, 0.25) is 0 Å². The Morgan fingerprint density at radius 3 is 2.50 bits per heavy atom. The van der Waals surface area contributed by atoms with E-state index in [9.17, 15) is 15.3 Å². The number of phenols is 2. The predicted octanol–water partition coefficient (Wildman–Crippen LogP) is 2.81. The predicted molar refractivity (Wildman–Crippen MR) is 83.0 cm³/mol. The van der Waals surface area contributed by atoms with Crippen LogP contribution in [0.15, 0.2) is 42.5 Å². The lowest BCUT2D eigenvalue weighted by molar-refractivity contribution is 0.283. The smallest absolute Gasteiger partial charge is 0.158 e. The molecule has 0 bridgehead atoms. The minimum Gasteiger partial charge on any atom is -0.504 e. The Morgan fingerprint density at radius 2 is 1.82 bits per heavy atom. The Balaban J connectivity index is 2.22. The number of methoxy groups -OCH3 is 1. The van der Waals surface area contributed by atoms with Crippen LogP contribution in [0.2, 0.25) is 0 Å². The largest absolute Gasteiger partial charge is 0.504 e. The second kappa shape index (κ2) is 5.54. The van der Waals surface area contributed by atoms with Gasteiger partial charge in [0.15, 0.2) is 11.5 Å². The van der Waals surface area contributed by atoms with E-state index in [4.69, 9.17) is 4.74 Å². The monoisotopic (exact) mass is 297 g/mol. The topological polar surface area (TPSA) is 82.8 Å². The van der Waals surface area contributed by atoms with Gasteiger partial charge in [0.05, 0.1) is 24.9 Å². The van der Waals surface area contributed by atoms with Gasteiger partial charge in [-0.25, -0.2) is 4.98 Å². The Labute approximate surface area is 127 Å². The van der Waals surface area contributed by atoms with Crippen LogP contribution in [0.3, 0.4) is 0 Å². The number of rotatable bonds is 3. The van der Waals surface area contributed by atoms with Crippen LogP contribution in [0.5, 0.6) is 17.2 Å². The van der Waals surface area contributed by atoms with Crippen molar-refractivity contribution < 1.29 is 20.1 Å². The molecule has 0 aliphatic carbocycles. The van der Waals surface area contributed by atoms with Crippen LogP contribution < -0.4 is 4.74 Å². The third-order valence-corrected chi connectivity index (χ3v) is 3.54. The van der Waals surface area contributed by atoms with Gasteiger partial charge in [-0.05, 0) is 42.0 Å². The zero-order valence-electron chi connectivity index (χ0n) is 11.9. The fourth-order valence-corrected chi connectivity index (χ4v) is 2.37. The molecule has 112 valence electrons. The molecule has 1 aromatic heterocycles. The van der Waals surface area contributed by atoms with E-state index in [2.05, 4.69) is 4.98 Å². The zero-order chi connectivity index (χ0) is 15.7. The normalized spacial score (nSPS) is 10.8. The van der Waals surface area contributed by atoms with Crippen LogP contribution in [-0.2, 0) is 6.61 Å². The highest BCUT2D eigenvalue weighted by Crippen LogP contribution is 2.32. The van der Waals surface area contributed by atoms with Crippen molar-refractivity contribution in [1.82, 2.24) is 4.98 Å². The molecule has 0 unspecified atom stereocenters. The Hall–Kier alpha value is -2.79. The van der Waals surface area contributed by atoms with E-state index in [0.717, 1.165) is 10.9 Å². The van der Waals surface area contributed by atoms with Crippen LogP contribution >= 0.6 is 0 Å². The van der Waals surface area contributed by atoms with E-state index in [1.54, 1.807) is 25.3 Å². The van der Waals surface area contributed by atoms with Crippen molar-refractivity contribution in [3.8, 4) is 28.5 Å². The van der Waals surface area contributed by atoms with Crippen molar-refractivity contribution >= 4 is 10.9 Å². The summed E-state index contributed by atoms with van der Waals surface area (Å²) >= 11 is 0. The van der Waals surface area contributed by atoms with Crippen LogP contribution in [0, 0.1) is 0 Å². The summed E-state index contributed by atoms with van der Waals surface area (Å²) in [5.41, 5.74) is 2.67. The molecule has 0 saturated carbocycles. The number of aromatic nitrogens is 1. The summed E-state index contributed by atoms with van der Waals surface area (Å²) in [6.07, 6.45) is 0. The highest BCUT2D eigenvalue weighted by molar-refractivity contribution is 5.86. The molecule has 0 atom stereocenters. The van der Waals surface area contributed by atoms with Crippen molar-refractivity contribution in [2.45, 2.75) is 6.61 Å². The lowest BCUT2D eigenvalue weighted by atomic mass is 10.0. The first-order valence-electron chi connectivity index (χ1n) is 6.73. The molecule has 5 nitrogen and oxygen atoms in total. The molecule has 0 fully saturated rings. The fraction of sp³-hybridized carbons (Fsp3) is 0.118. The minimum absolute atomic E-state index is 0.123. The number of fused-ring (bicyclic) bond motifs is 1. The maximum Gasteiger partial charge on any atom is 0.158 e. The number of pyridine rings is 1. The standard InChI is InChI=1S/C17H15NO4/c1-22-12-3-4-13-11(9-19)6-14(18-15(13)8-12)10-2-5-16(20)17(21)7-10/h2-8,19-21H,9H2,1H3. The van der Waals surface area contributed by atoms with Gasteiger partial charge in [-0.1, -0.05) is 0 Å². The first-order chi connectivity index (χ1) is 10.6. The van der Waals surface area contributed by atoms with Gasteiger partial charge in [-0.15, -0.1) is 0 Å². The average Bonchev–Trinajstić information content (AvgIpc) is 2.55. The summed E-state index contributed by atoms with van der Waals surface area (Å²) in [5.74, 6) is 0.277. The summed E-state index contributed by atoms with van der Waals surface area (Å²) in [4.78, 5) is 4.55. The molecule has 0 saturated heterocycles. The van der Waals surface area contributed by atoms with Crippen molar-refractivity contribution in [3.63, 3.8) is 0 Å². The van der Waals surface area contributed by atoms with Crippen molar-refractivity contribution in [2.75, 3.05) is 7.11 Å². The van der Waals surface area contributed by atoms with Crippen LogP contribution in [0.1, 0.15) is 5.56 Å². The number of aliphatic hydroxyl groups is 1. The fourth-order valence-electron chi connectivity index (χ4n) is 2.37. The van der Waals surface area contributed by atoms with E-state index < -0.39 is 0 Å². The van der Waals surface area contributed by atoms with E-state index in [0.29, 0.717) is 22.5 Å². The van der Waals surface area contributed by atoms with Gasteiger partial charge < -0.3 is 20.1 Å². The molecule has 0 radical (unpaired) electrons. The first-order valence-corrected chi connectivity index (χ1v) is 6.73. The molecular formula is C17H15NO4. The zero-order valence-corrected chi connectivity index (χ0v) is 11.9. The van der Waals surface area contributed by atoms with Gasteiger partial charge in [0.1, 0.15) is 5.75 Å². The molecule has 3 aromatic rings. The maximum atomic E-state index is 9.64. The van der Waals surface area contributed by atoms with Gasteiger partial charge in [-0.3, -0.25) is 0 Å². The van der Waals surface area contributed by atoms with Crippen LogP contribution in [-0.4, -0.2) is 27.4 Å². The van der Waals surface area contributed by atoms with Crippen LogP contribution in [0.4, 0.5) is 0 Å². The summed E-state index contributed by atoms with van der Waals surface area (Å²) in [7, 11) is 1.58. The number of hydrogen-bond acceptors (Lipinski definition) is 5. The second-order valence-electron chi connectivity index (χ2n) is 4.91. The van der Waals surface area contributed by atoms with E-state index in [1.165, 1.54) is 12.1 Å². The molecule has 2 aromatic carbocycles. The third-order valence-electron chi connectivity index (χ3n) is 3.54. The summed E-state index contributed by atoms with van der Waals surface area (Å²) in [5, 5.41) is 29.5. The van der Waals surface area contributed by atoms with E-state index >= 15 is 0 Å². The lowest BCUT2D eigenvalue weighted by Crippen LogP contribution is -1.93. The lowest BCUT2D eigenvalue weighted by Gasteiger charge is -2.10. The number of nitrogens with zero attached hydrogens (tertiary/aromatic N) is 1. The van der Waals surface area contributed by atoms with Gasteiger partial charge in [0, 0.05) is 17.0 Å². The van der Waals surface area contributed by atoms with Crippen molar-refractivity contribution in [1.29, 1.82) is 0 Å². The number of ether oxygens (including phenoxy) is 1. The van der Waals surface area contributed by atoms with E-state index in [-0.39, 0.29) is 18.1 Å². The van der Waals surface area contributed by atoms with Crippen molar-refractivity contribution in [3.05, 3.63) is 48.0 Å². The number of benzene rings is 2. The van der Waals surface area contributed by atoms with E-state index in [1.807, 2.05) is 12.1 Å². The number of phenolic OH excluding ortho intramolecular Hbond substituents is 2. The SMILES string of the molecule is COc1ccc2c(CO)cc(-c3ccc(O)c(O)c3)nc2c1. The molecule has 3 rings (SSSR count). The Morgan fingerprint density at radius 1 is 1.00 bits per heavy atom. The molecule has 0 spiro atoms. The number of hydrogen-bond donors (Lipinski definition) is 3. The maximum absolute atomic E-state index is 9.64. The van der Waals surface area contributed by atoms with Crippen LogP contribution in [0.25, 0.3) is 22.2 Å². The number of aliphatic hydroxyl groups excluding tert-OH is 1. The molecule has 3 N–H and O–H groups in total. The highest BCUT2D eigenvalue weighted by Gasteiger charge is 2.10. The van der Waals surface area contributed by atoms with Crippen molar-refractivity contribution in [2.24, 2.45) is 0 Å². The Kier molecular flexibility index (Phi) is 3.56. The quantitative estimate of drug-likeness (QED) is 0.647. The first kappa shape index (κ1) is 14.2. The molecule has 0 amide bonds. The molecule has 0 aliphatic heterocycles. The number of aromatic hydroxyl groups is 2. The summed E-state index contributed by atoms with van der Waals surface area (Å²) < 4.78 is 5.20. The molecule has 1 heterocycles. The molecule has 5 heteroatoms. The summed E-state index contributed by atoms with van der Waals surface area (Å²) in [6, 6.07) is 11.7. The highest BCUT2D eigenvalue weighted by atomic mass is 16.5. The Bertz CT molecular complexity index is 845. The van der Waals surface area contributed by atoms with Gasteiger partial charge >= 0.3 is 0 Å². The third kappa shape index (κ3) is 2.42. The minimum atomic E-state index is -0.212. The molecule has 22 heavy (non-hydrogen) atoms.